The Balaban J connectivity index is 2.31. The summed E-state index contributed by atoms with van der Waals surface area (Å²) in [6.07, 6.45) is 2.34. The number of rotatable bonds is 5. The molecule has 1 heterocycles. The number of sulfonamides is 1. The van der Waals surface area contributed by atoms with Gasteiger partial charge in [-0.15, -0.1) is 0 Å². The maximum absolute atomic E-state index is 11.8. The Morgan fingerprint density at radius 1 is 1.32 bits per heavy atom. The average Bonchev–Trinajstić information content (AvgIpc) is 2.37. The molecule has 110 valence electrons. The van der Waals surface area contributed by atoms with Gasteiger partial charge >= 0.3 is 5.97 Å². The zero-order chi connectivity index (χ0) is 14.5. The van der Waals surface area contributed by atoms with Crippen molar-refractivity contribution in [1.29, 1.82) is 0 Å². The zero-order valence-electron chi connectivity index (χ0n) is 11.2. The lowest BCUT2D eigenvalue weighted by Gasteiger charge is -2.29. The average molecular weight is 292 g/mol. The standard InChI is InChI=1S/C11H20N2O5S/c1-18-10(14)3-6-12-11(15)9-4-7-13(8-5-9)19(2,16)17/h9H,3-8H2,1-2H3,(H,12,15). The molecule has 1 saturated heterocycles. The molecule has 0 saturated carbocycles. The summed E-state index contributed by atoms with van der Waals surface area (Å²) in [5.41, 5.74) is 0. The van der Waals surface area contributed by atoms with Gasteiger partial charge in [-0.1, -0.05) is 0 Å². The van der Waals surface area contributed by atoms with Crippen molar-refractivity contribution in [3.8, 4) is 0 Å². The Hall–Kier alpha value is -1.15. The van der Waals surface area contributed by atoms with E-state index in [9.17, 15) is 18.0 Å². The van der Waals surface area contributed by atoms with Crippen molar-refractivity contribution in [3.63, 3.8) is 0 Å². The van der Waals surface area contributed by atoms with Crippen LogP contribution in [-0.2, 0) is 24.3 Å². The molecule has 0 atom stereocenters. The number of hydrogen-bond donors (Lipinski definition) is 1. The number of methoxy groups -OCH3 is 1. The first-order valence-corrected chi connectivity index (χ1v) is 7.99. The maximum atomic E-state index is 11.8. The first kappa shape index (κ1) is 15.9. The predicted octanol–water partition coefficient (Wildman–Crippen LogP) is -0.663. The number of piperidine rings is 1. The summed E-state index contributed by atoms with van der Waals surface area (Å²) in [5, 5.41) is 2.66. The number of ether oxygens (including phenoxy) is 1. The molecule has 1 rings (SSSR count). The minimum atomic E-state index is -3.17. The maximum Gasteiger partial charge on any atom is 0.307 e. The van der Waals surface area contributed by atoms with E-state index in [1.807, 2.05) is 0 Å². The third kappa shape index (κ3) is 5.15. The highest BCUT2D eigenvalue weighted by Crippen LogP contribution is 2.19. The summed E-state index contributed by atoms with van der Waals surface area (Å²) >= 11 is 0. The third-order valence-electron chi connectivity index (χ3n) is 3.15. The van der Waals surface area contributed by atoms with E-state index in [0.29, 0.717) is 25.9 Å². The van der Waals surface area contributed by atoms with E-state index in [-0.39, 0.29) is 30.8 Å². The van der Waals surface area contributed by atoms with Gasteiger partial charge in [0.1, 0.15) is 0 Å². The molecule has 0 radical (unpaired) electrons. The van der Waals surface area contributed by atoms with Gasteiger partial charge in [0.05, 0.1) is 19.8 Å². The van der Waals surface area contributed by atoms with Crippen molar-refractivity contribution in [1.82, 2.24) is 9.62 Å². The molecule has 1 aliphatic rings. The second-order valence-electron chi connectivity index (χ2n) is 4.55. The number of carbonyl (C=O) groups excluding carboxylic acids is 2. The highest BCUT2D eigenvalue weighted by atomic mass is 32.2. The molecular weight excluding hydrogens is 272 g/mol. The van der Waals surface area contributed by atoms with Crippen molar-refractivity contribution in [3.05, 3.63) is 0 Å². The summed E-state index contributed by atoms with van der Waals surface area (Å²) in [6, 6.07) is 0. The van der Waals surface area contributed by atoms with Gasteiger partial charge in [0.2, 0.25) is 15.9 Å². The Morgan fingerprint density at radius 3 is 2.37 bits per heavy atom. The Kier molecular flexibility index (Phi) is 5.74. The molecule has 1 fully saturated rings. The predicted molar refractivity (Wildman–Crippen MR) is 68.8 cm³/mol. The third-order valence-corrected chi connectivity index (χ3v) is 4.45. The fraction of sp³-hybridized carbons (Fsp3) is 0.818. The van der Waals surface area contributed by atoms with Crippen LogP contribution in [-0.4, -0.2) is 57.6 Å². The number of esters is 1. The van der Waals surface area contributed by atoms with Crippen LogP contribution < -0.4 is 5.32 Å². The van der Waals surface area contributed by atoms with E-state index in [1.54, 1.807) is 0 Å². The van der Waals surface area contributed by atoms with Crippen molar-refractivity contribution in [2.24, 2.45) is 5.92 Å². The van der Waals surface area contributed by atoms with Crippen LogP contribution in [0.2, 0.25) is 0 Å². The molecule has 19 heavy (non-hydrogen) atoms. The molecule has 1 aliphatic heterocycles. The molecule has 0 aromatic carbocycles. The van der Waals surface area contributed by atoms with Crippen LogP contribution in [0, 0.1) is 5.92 Å². The lowest BCUT2D eigenvalue weighted by molar-refractivity contribution is -0.140. The van der Waals surface area contributed by atoms with Crippen molar-refractivity contribution in [2.75, 3.05) is 33.0 Å². The van der Waals surface area contributed by atoms with Crippen molar-refractivity contribution >= 4 is 21.9 Å². The van der Waals surface area contributed by atoms with Crippen LogP contribution >= 0.6 is 0 Å². The van der Waals surface area contributed by atoms with Gasteiger partial charge in [0, 0.05) is 25.6 Å². The summed E-state index contributed by atoms with van der Waals surface area (Å²) in [6.45, 7) is 0.986. The van der Waals surface area contributed by atoms with Crippen LogP contribution in [0.1, 0.15) is 19.3 Å². The Bertz CT molecular complexity index is 426. The van der Waals surface area contributed by atoms with Gasteiger partial charge in [-0.3, -0.25) is 9.59 Å². The highest BCUT2D eigenvalue weighted by molar-refractivity contribution is 7.88. The van der Waals surface area contributed by atoms with Crippen molar-refractivity contribution in [2.45, 2.75) is 19.3 Å². The van der Waals surface area contributed by atoms with E-state index in [1.165, 1.54) is 17.7 Å². The van der Waals surface area contributed by atoms with Gasteiger partial charge in [0.15, 0.2) is 0 Å². The summed E-state index contributed by atoms with van der Waals surface area (Å²) in [4.78, 5) is 22.7. The fourth-order valence-corrected chi connectivity index (χ4v) is 2.86. The van der Waals surface area contributed by atoms with E-state index in [2.05, 4.69) is 10.1 Å². The monoisotopic (exact) mass is 292 g/mol. The second-order valence-corrected chi connectivity index (χ2v) is 6.54. The van der Waals surface area contributed by atoms with Crippen LogP contribution in [0.5, 0.6) is 0 Å². The van der Waals surface area contributed by atoms with Crippen LogP contribution in [0.3, 0.4) is 0 Å². The lowest BCUT2D eigenvalue weighted by Crippen LogP contribution is -2.42. The van der Waals surface area contributed by atoms with Crippen LogP contribution in [0.4, 0.5) is 0 Å². The van der Waals surface area contributed by atoms with Crippen LogP contribution in [0.25, 0.3) is 0 Å². The van der Waals surface area contributed by atoms with Gasteiger partial charge in [-0.05, 0) is 12.8 Å². The molecule has 0 spiro atoms. The highest BCUT2D eigenvalue weighted by Gasteiger charge is 2.28. The SMILES string of the molecule is COC(=O)CCNC(=O)C1CCN(S(C)(=O)=O)CC1. The summed E-state index contributed by atoms with van der Waals surface area (Å²) < 4.78 is 28.5. The lowest BCUT2D eigenvalue weighted by atomic mass is 9.97. The van der Waals surface area contributed by atoms with Gasteiger partial charge in [0.25, 0.3) is 0 Å². The molecule has 1 amide bonds. The first-order valence-electron chi connectivity index (χ1n) is 6.14. The molecule has 1 N–H and O–H groups in total. The number of carbonyl (C=O) groups is 2. The molecule has 0 aliphatic carbocycles. The minimum absolute atomic E-state index is 0.128. The molecule has 0 aromatic rings. The second kappa shape index (κ2) is 6.85. The van der Waals surface area contributed by atoms with Gasteiger partial charge in [-0.25, -0.2) is 12.7 Å². The normalized spacial score (nSPS) is 18.0. The Labute approximate surface area is 113 Å². The largest absolute Gasteiger partial charge is 0.469 e. The number of nitrogens with zero attached hydrogens (tertiary/aromatic N) is 1. The van der Waals surface area contributed by atoms with Gasteiger partial charge < -0.3 is 10.1 Å². The molecule has 7 nitrogen and oxygen atoms in total. The van der Waals surface area contributed by atoms with E-state index in [4.69, 9.17) is 0 Å². The smallest absolute Gasteiger partial charge is 0.307 e. The summed E-state index contributed by atoms with van der Waals surface area (Å²) in [7, 11) is -1.87. The van der Waals surface area contributed by atoms with E-state index >= 15 is 0 Å². The topological polar surface area (TPSA) is 92.8 Å². The van der Waals surface area contributed by atoms with E-state index < -0.39 is 10.0 Å². The summed E-state index contributed by atoms with van der Waals surface area (Å²) in [5.74, 6) is -0.681. The van der Waals surface area contributed by atoms with E-state index in [0.717, 1.165) is 0 Å². The molecule has 0 bridgehead atoms. The van der Waals surface area contributed by atoms with Gasteiger partial charge in [-0.2, -0.15) is 0 Å². The van der Waals surface area contributed by atoms with Crippen LogP contribution in [0.15, 0.2) is 0 Å². The molecule has 0 unspecified atom stereocenters. The Morgan fingerprint density at radius 2 is 1.89 bits per heavy atom. The zero-order valence-corrected chi connectivity index (χ0v) is 12.0. The molecule has 0 aromatic heterocycles. The quantitative estimate of drug-likeness (QED) is 0.679. The number of nitrogens with one attached hydrogen (secondary N) is 1. The number of hydrogen-bond acceptors (Lipinski definition) is 5. The molecule has 8 heteroatoms. The number of amides is 1. The van der Waals surface area contributed by atoms with Crippen molar-refractivity contribution < 1.29 is 22.7 Å². The first-order chi connectivity index (χ1) is 8.84. The molecular formula is C11H20N2O5S. The minimum Gasteiger partial charge on any atom is -0.469 e. The fourth-order valence-electron chi connectivity index (χ4n) is 1.98.